The maximum absolute atomic E-state index is 9.30. The molecule has 0 radical (unpaired) electrons. The van der Waals surface area contributed by atoms with Crippen LogP contribution in [0.4, 0.5) is 0 Å². The Morgan fingerprint density at radius 1 is 1.00 bits per heavy atom. The Kier molecular flexibility index (Phi) is 4.22. The smallest absolute Gasteiger partial charge is 0.0998 e. The van der Waals surface area contributed by atoms with E-state index in [1.165, 1.54) is 0 Å². The van der Waals surface area contributed by atoms with Gasteiger partial charge in [-0.3, -0.25) is 0 Å². The molecule has 3 rings (SSSR count). The quantitative estimate of drug-likeness (QED) is 0.516. The lowest BCUT2D eigenvalue weighted by molar-refractivity contribution is 1.47. The first-order valence-corrected chi connectivity index (χ1v) is 8.23. The largest absolute Gasteiger partial charge is 0.192 e. The van der Waals surface area contributed by atoms with Gasteiger partial charge in [-0.25, -0.2) is 0 Å². The standard InChI is InChI=1S/C18H11Cl2NS/c1-11-9-16(17-14(19)7-4-8-15(17)20)22-18(11)13-6-3-2-5-12(13)10-21/h2-9H,1H3. The predicted octanol–water partition coefficient (Wildman–Crippen LogP) is 6.57. The molecule has 0 spiro atoms. The third-order valence-corrected chi connectivity index (χ3v) is 5.34. The highest BCUT2D eigenvalue weighted by Crippen LogP contribution is 2.43. The zero-order valence-electron chi connectivity index (χ0n) is 11.7. The SMILES string of the molecule is Cc1cc(-c2c(Cl)cccc2Cl)sc1-c1ccccc1C#N. The number of nitrogens with zero attached hydrogens (tertiary/aromatic N) is 1. The van der Waals surface area contributed by atoms with Gasteiger partial charge in [0.25, 0.3) is 0 Å². The second-order valence-corrected chi connectivity index (χ2v) is 6.74. The van der Waals surface area contributed by atoms with Crippen molar-refractivity contribution < 1.29 is 0 Å². The number of thiophene rings is 1. The second-order valence-electron chi connectivity index (χ2n) is 4.88. The van der Waals surface area contributed by atoms with E-state index in [-0.39, 0.29) is 0 Å². The van der Waals surface area contributed by atoms with Crippen LogP contribution in [-0.2, 0) is 0 Å². The van der Waals surface area contributed by atoms with E-state index in [2.05, 4.69) is 12.1 Å². The van der Waals surface area contributed by atoms with E-state index in [9.17, 15) is 5.26 Å². The summed E-state index contributed by atoms with van der Waals surface area (Å²) in [6, 6.07) is 17.4. The zero-order chi connectivity index (χ0) is 15.7. The summed E-state index contributed by atoms with van der Waals surface area (Å²) in [5, 5.41) is 10.6. The molecule has 4 heteroatoms. The molecule has 0 unspecified atom stereocenters. The van der Waals surface area contributed by atoms with Crippen molar-refractivity contribution in [1.82, 2.24) is 0 Å². The van der Waals surface area contributed by atoms with Crippen molar-refractivity contribution in [3.8, 4) is 27.0 Å². The Balaban J connectivity index is 2.19. The second kappa shape index (κ2) is 6.14. The molecule has 0 saturated carbocycles. The molecule has 0 atom stereocenters. The molecule has 2 aromatic carbocycles. The minimum Gasteiger partial charge on any atom is -0.192 e. The highest BCUT2D eigenvalue weighted by atomic mass is 35.5. The molecule has 0 N–H and O–H groups in total. The van der Waals surface area contributed by atoms with Crippen LogP contribution in [-0.4, -0.2) is 0 Å². The number of aryl methyl sites for hydroxylation is 1. The maximum Gasteiger partial charge on any atom is 0.0998 e. The van der Waals surface area contributed by atoms with Gasteiger partial charge in [-0.2, -0.15) is 5.26 Å². The lowest BCUT2D eigenvalue weighted by Crippen LogP contribution is -1.81. The minimum absolute atomic E-state index is 0.633. The first kappa shape index (κ1) is 15.1. The van der Waals surface area contributed by atoms with Crippen LogP contribution in [0, 0.1) is 18.3 Å². The molecule has 1 aromatic heterocycles. The predicted molar refractivity (Wildman–Crippen MR) is 94.7 cm³/mol. The van der Waals surface area contributed by atoms with E-state index in [4.69, 9.17) is 23.2 Å². The van der Waals surface area contributed by atoms with Crippen molar-refractivity contribution in [2.45, 2.75) is 6.92 Å². The van der Waals surface area contributed by atoms with Crippen LogP contribution in [0.1, 0.15) is 11.1 Å². The number of nitriles is 1. The van der Waals surface area contributed by atoms with Gasteiger partial charge in [0.15, 0.2) is 0 Å². The van der Waals surface area contributed by atoms with E-state index in [1.807, 2.05) is 49.4 Å². The van der Waals surface area contributed by atoms with Gasteiger partial charge in [-0.15, -0.1) is 11.3 Å². The van der Waals surface area contributed by atoms with Crippen LogP contribution >= 0.6 is 34.5 Å². The summed E-state index contributed by atoms with van der Waals surface area (Å²) < 4.78 is 0. The number of hydrogen-bond donors (Lipinski definition) is 0. The van der Waals surface area contributed by atoms with Gasteiger partial charge in [-0.1, -0.05) is 47.5 Å². The highest BCUT2D eigenvalue weighted by Gasteiger charge is 2.16. The monoisotopic (exact) mass is 343 g/mol. The Hall–Kier alpha value is -1.79. The van der Waals surface area contributed by atoms with E-state index < -0.39 is 0 Å². The molecule has 0 bridgehead atoms. The average molecular weight is 344 g/mol. The lowest BCUT2D eigenvalue weighted by atomic mass is 10.0. The van der Waals surface area contributed by atoms with Crippen molar-refractivity contribution in [3.05, 3.63) is 69.7 Å². The van der Waals surface area contributed by atoms with E-state index >= 15 is 0 Å². The van der Waals surface area contributed by atoms with Crippen LogP contribution in [0.15, 0.2) is 48.5 Å². The molecule has 0 aliphatic rings. The van der Waals surface area contributed by atoms with Gasteiger partial charge in [0, 0.05) is 20.9 Å². The van der Waals surface area contributed by atoms with Gasteiger partial charge >= 0.3 is 0 Å². The molecule has 0 aliphatic carbocycles. The molecular formula is C18H11Cl2NS. The van der Waals surface area contributed by atoms with Crippen LogP contribution in [0.3, 0.4) is 0 Å². The van der Waals surface area contributed by atoms with E-state index in [0.29, 0.717) is 15.6 Å². The topological polar surface area (TPSA) is 23.8 Å². The molecule has 3 aromatic rings. The summed E-state index contributed by atoms with van der Waals surface area (Å²) >= 11 is 14.2. The molecule has 0 aliphatic heterocycles. The number of hydrogen-bond acceptors (Lipinski definition) is 2. The van der Waals surface area contributed by atoms with E-state index in [0.717, 1.165) is 26.4 Å². The summed E-state index contributed by atoms with van der Waals surface area (Å²) in [6.45, 7) is 2.04. The molecule has 0 amide bonds. The summed E-state index contributed by atoms with van der Waals surface area (Å²) in [5.41, 5.74) is 3.57. The molecule has 1 heterocycles. The van der Waals surface area contributed by atoms with Gasteiger partial charge in [0.1, 0.15) is 0 Å². The van der Waals surface area contributed by atoms with E-state index in [1.54, 1.807) is 11.3 Å². The molecule has 108 valence electrons. The molecule has 0 fully saturated rings. The van der Waals surface area contributed by atoms with Crippen molar-refractivity contribution in [3.63, 3.8) is 0 Å². The van der Waals surface area contributed by atoms with Gasteiger partial charge in [0.2, 0.25) is 0 Å². The first-order valence-electron chi connectivity index (χ1n) is 6.66. The van der Waals surface area contributed by atoms with Gasteiger partial charge < -0.3 is 0 Å². The fourth-order valence-electron chi connectivity index (χ4n) is 2.38. The van der Waals surface area contributed by atoms with Crippen molar-refractivity contribution in [2.75, 3.05) is 0 Å². The normalized spacial score (nSPS) is 10.5. The first-order chi connectivity index (χ1) is 10.6. The summed E-state index contributed by atoms with van der Waals surface area (Å²) in [6.07, 6.45) is 0. The summed E-state index contributed by atoms with van der Waals surface area (Å²) in [5.74, 6) is 0. The molecule has 22 heavy (non-hydrogen) atoms. The van der Waals surface area contributed by atoms with Gasteiger partial charge in [0.05, 0.1) is 21.7 Å². The number of rotatable bonds is 2. The molecular weight excluding hydrogens is 333 g/mol. The van der Waals surface area contributed by atoms with Crippen molar-refractivity contribution >= 4 is 34.5 Å². The minimum atomic E-state index is 0.633. The zero-order valence-corrected chi connectivity index (χ0v) is 14.1. The average Bonchev–Trinajstić information content (AvgIpc) is 2.88. The number of benzene rings is 2. The molecule has 0 saturated heterocycles. The Labute approximate surface area is 143 Å². The van der Waals surface area contributed by atoms with Gasteiger partial charge in [-0.05, 0) is 36.8 Å². The fraction of sp³-hybridized carbons (Fsp3) is 0.0556. The molecule has 1 nitrogen and oxygen atoms in total. The Morgan fingerprint density at radius 2 is 1.68 bits per heavy atom. The lowest BCUT2D eigenvalue weighted by Gasteiger charge is -2.04. The summed E-state index contributed by atoms with van der Waals surface area (Å²) in [7, 11) is 0. The highest BCUT2D eigenvalue weighted by molar-refractivity contribution is 7.19. The van der Waals surface area contributed by atoms with Crippen LogP contribution < -0.4 is 0 Å². The van der Waals surface area contributed by atoms with Crippen molar-refractivity contribution in [1.29, 1.82) is 5.26 Å². The third kappa shape index (κ3) is 2.64. The van der Waals surface area contributed by atoms with Crippen LogP contribution in [0.5, 0.6) is 0 Å². The van der Waals surface area contributed by atoms with Crippen LogP contribution in [0.25, 0.3) is 20.9 Å². The summed E-state index contributed by atoms with van der Waals surface area (Å²) in [4.78, 5) is 2.08. The Bertz CT molecular complexity index is 870. The maximum atomic E-state index is 9.30. The third-order valence-electron chi connectivity index (χ3n) is 3.42. The van der Waals surface area contributed by atoms with Crippen LogP contribution in [0.2, 0.25) is 10.0 Å². The van der Waals surface area contributed by atoms with Crippen molar-refractivity contribution in [2.24, 2.45) is 0 Å². The fourth-order valence-corrected chi connectivity index (χ4v) is 4.38. The number of halogens is 2. The Morgan fingerprint density at radius 3 is 2.36 bits per heavy atom.